The van der Waals surface area contributed by atoms with Crippen molar-refractivity contribution in [2.45, 2.75) is 31.7 Å². The number of halogens is 1. The average molecular weight is 335 g/mol. The number of thiazole rings is 1. The third-order valence-electron chi connectivity index (χ3n) is 4.49. The van der Waals surface area contributed by atoms with Crippen molar-refractivity contribution in [2.75, 3.05) is 19.8 Å². The van der Waals surface area contributed by atoms with E-state index >= 15 is 0 Å². The molecule has 2 N–H and O–H groups in total. The number of carbonyl (C=O) groups excluding carboxylic acids is 1. The van der Waals surface area contributed by atoms with E-state index in [2.05, 4.69) is 4.98 Å². The molecule has 6 heteroatoms. The Morgan fingerprint density at radius 2 is 2.13 bits per heavy atom. The van der Waals surface area contributed by atoms with E-state index in [1.54, 1.807) is 11.3 Å². The van der Waals surface area contributed by atoms with Crippen LogP contribution in [0.3, 0.4) is 0 Å². The van der Waals surface area contributed by atoms with Crippen molar-refractivity contribution < 1.29 is 9.18 Å². The summed E-state index contributed by atoms with van der Waals surface area (Å²) in [7, 11) is 0. The third-order valence-corrected chi connectivity index (χ3v) is 5.55. The van der Waals surface area contributed by atoms with E-state index in [-0.39, 0.29) is 12.6 Å². The van der Waals surface area contributed by atoms with Crippen LogP contribution in [0, 0.1) is 5.92 Å². The summed E-state index contributed by atoms with van der Waals surface area (Å²) in [6, 6.07) is 7.39. The first-order valence-electron chi connectivity index (χ1n) is 8.12. The fourth-order valence-corrected chi connectivity index (χ4v) is 4.14. The van der Waals surface area contributed by atoms with Crippen molar-refractivity contribution >= 4 is 27.5 Å². The number of para-hydroxylation sites is 1. The largest absolute Gasteiger partial charge is 0.341 e. The van der Waals surface area contributed by atoms with E-state index in [0.29, 0.717) is 31.8 Å². The summed E-state index contributed by atoms with van der Waals surface area (Å²) in [5.74, 6) is 0.396. The second-order valence-electron chi connectivity index (χ2n) is 6.13. The lowest BCUT2D eigenvalue weighted by molar-refractivity contribution is -0.134. The summed E-state index contributed by atoms with van der Waals surface area (Å²) in [4.78, 5) is 18.9. The first-order valence-corrected chi connectivity index (χ1v) is 8.94. The number of fused-ring (bicyclic) bond motifs is 1. The summed E-state index contributed by atoms with van der Waals surface area (Å²) in [6.45, 7) is 1.11. The molecule has 23 heavy (non-hydrogen) atoms. The quantitative estimate of drug-likeness (QED) is 0.914. The van der Waals surface area contributed by atoms with E-state index in [9.17, 15) is 9.18 Å². The van der Waals surface area contributed by atoms with Gasteiger partial charge in [0.05, 0.1) is 27.9 Å². The van der Waals surface area contributed by atoms with Crippen molar-refractivity contribution in [2.24, 2.45) is 11.7 Å². The zero-order chi connectivity index (χ0) is 16.2. The maximum Gasteiger partial charge on any atom is 0.239 e. The van der Waals surface area contributed by atoms with E-state index in [4.69, 9.17) is 5.73 Å². The molecule has 3 rings (SSSR count). The Hall–Kier alpha value is -1.53. The van der Waals surface area contributed by atoms with Crippen LogP contribution >= 0.6 is 11.3 Å². The molecule has 0 radical (unpaired) electrons. The maximum absolute atomic E-state index is 12.5. The number of hydrogen-bond donors (Lipinski definition) is 1. The number of benzene rings is 1. The fraction of sp³-hybridized carbons (Fsp3) is 0.529. The summed E-state index contributed by atoms with van der Waals surface area (Å²) in [5, 5.41) is 0.902. The number of nitrogens with two attached hydrogens (primary N) is 1. The standard InChI is InChI=1S/C17H22FN3OS/c18-8-5-12-6-9-21(10-7-12)17(22)13(19)11-16-20-14-3-1-2-4-15(14)23-16/h1-4,12-13H,5-11,19H2. The lowest BCUT2D eigenvalue weighted by Crippen LogP contribution is -2.48. The molecular formula is C17H22FN3OS. The Bertz CT molecular complexity index is 634. The third kappa shape index (κ3) is 3.87. The summed E-state index contributed by atoms with van der Waals surface area (Å²) in [6.07, 6.45) is 2.84. The van der Waals surface area contributed by atoms with Gasteiger partial charge in [-0.3, -0.25) is 9.18 Å². The van der Waals surface area contributed by atoms with E-state index in [1.807, 2.05) is 29.2 Å². The maximum atomic E-state index is 12.5. The Kier molecular flexibility index (Phi) is 5.23. The Labute approximate surface area is 139 Å². The minimum atomic E-state index is -0.548. The molecule has 2 heterocycles. The zero-order valence-electron chi connectivity index (χ0n) is 13.1. The van der Waals surface area contributed by atoms with Crippen LogP contribution in [0.15, 0.2) is 24.3 Å². The molecule has 1 atom stereocenters. The number of carbonyl (C=O) groups is 1. The molecule has 1 aliphatic heterocycles. The lowest BCUT2D eigenvalue weighted by Gasteiger charge is -2.33. The number of amides is 1. The molecule has 1 amide bonds. The second-order valence-corrected chi connectivity index (χ2v) is 7.25. The van der Waals surface area contributed by atoms with Gasteiger partial charge in [0.1, 0.15) is 0 Å². The topological polar surface area (TPSA) is 59.2 Å². The highest BCUT2D eigenvalue weighted by Gasteiger charge is 2.26. The minimum absolute atomic E-state index is 0.0112. The average Bonchev–Trinajstić information content (AvgIpc) is 2.97. The smallest absolute Gasteiger partial charge is 0.239 e. The van der Waals surface area contributed by atoms with E-state index in [0.717, 1.165) is 28.1 Å². The van der Waals surface area contributed by atoms with Gasteiger partial charge in [0, 0.05) is 19.5 Å². The normalized spacial score (nSPS) is 17.6. The lowest BCUT2D eigenvalue weighted by atomic mass is 9.93. The first-order chi connectivity index (χ1) is 11.2. The molecular weight excluding hydrogens is 313 g/mol. The van der Waals surface area contributed by atoms with E-state index in [1.165, 1.54) is 0 Å². The number of alkyl halides is 1. The molecule has 1 aliphatic rings. The predicted molar refractivity (Wildman–Crippen MR) is 91.2 cm³/mol. The number of nitrogens with zero attached hydrogens (tertiary/aromatic N) is 2. The molecule has 2 aromatic rings. The van der Waals surface area contributed by atoms with Gasteiger partial charge in [0.15, 0.2) is 0 Å². The van der Waals surface area contributed by atoms with Gasteiger partial charge in [-0.15, -0.1) is 11.3 Å². The highest BCUT2D eigenvalue weighted by molar-refractivity contribution is 7.18. The van der Waals surface area contributed by atoms with Crippen molar-refractivity contribution in [3.63, 3.8) is 0 Å². The van der Waals surface area contributed by atoms with Gasteiger partial charge in [-0.2, -0.15) is 0 Å². The van der Waals surface area contributed by atoms with Crippen molar-refractivity contribution in [1.29, 1.82) is 0 Å². The molecule has 0 saturated carbocycles. The molecule has 1 fully saturated rings. The molecule has 1 saturated heterocycles. The number of rotatable bonds is 5. The SMILES string of the molecule is NC(Cc1nc2ccccc2s1)C(=O)N1CCC(CCF)CC1. The zero-order valence-corrected chi connectivity index (χ0v) is 13.9. The van der Waals surface area contributed by atoms with Gasteiger partial charge >= 0.3 is 0 Å². The van der Waals surface area contributed by atoms with Crippen LogP contribution in [-0.4, -0.2) is 41.6 Å². The van der Waals surface area contributed by atoms with Crippen molar-refractivity contribution in [3.05, 3.63) is 29.3 Å². The highest BCUT2D eigenvalue weighted by Crippen LogP contribution is 2.24. The van der Waals surface area contributed by atoms with Gasteiger partial charge in [-0.05, 0) is 37.3 Å². The summed E-state index contributed by atoms with van der Waals surface area (Å²) >= 11 is 1.59. The van der Waals surface area contributed by atoms with Gasteiger partial charge in [-0.25, -0.2) is 4.98 Å². The minimum Gasteiger partial charge on any atom is -0.341 e. The Morgan fingerprint density at radius 1 is 1.39 bits per heavy atom. The molecule has 1 unspecified atom stereocenters. The van der Waals surface area contributed by atoms with Crippen LogP contribution in [0.1, 0.15) is 24.3 Å². The van der Waals surface area contributed by atoms with Gasteiger partial charge in [0.25, 0.3) is 0 Å². The van der Waals surface area contributed by atoms with Gasteiger partial charge in [0.2, 0.25) is 5.91 Å². The summed E-state index contributed by atoms with van der Waals surface area (Å²) < 4.78 is 13.5. The monoisotopic (exact) mass is 335 g/mol. The molecule has 0 bridgehead atoms. The van der Waals surface area contributed by atoms with Gasteiger partial charge in [-0.1, -0.05) is 12.1 Å². The molecule has 1 aromatic heterocycles. The number of hydrogen-bond acceptors (Lipinski definition) is 4. The molecule has 4 nitrogen and oxygen atoms in total. The van der Waals surface area contributed by atoms with E-state index < -0.39 is 6.04 Å². The Balaban J connectivity index is 1.57. The number of piperidine rings is 1. The predicted octanol–water partition coefficient (Wildman–Crippen LogP) is 2.76. The van der Waals surface area contributed by atoms with Gasteiger partial charge < -0.3 is 10.6 Å². The van der Waals surface area contributed by atoms with Crippen molar-refractivity contribution in [3.8, 4) is 0 Å². The van der Waals surface area contributed by atoms with Crippen LogP contribution in [0.25, 0.3) is 10.2 Å². The fourth-order valence-electron chi connectivity index (χ4n) is 3.11. The first kappa shape index (κ1) is 16.3. The molecule has 1 aromatic carbocycles. The molecule has 0 spiro atoms. The molecule has 124 valence electrons. The van der Waals surface area contributed by atoms with Crippen LogP contribution in [0.5, 0.6) is 0 Å². The van der Waals surface area contributed by atoms with Crippen LogP contribution in [0.4, 0.5) is 4.39 Å². The number of aromatic nitrogens is 1. The summed E-state index contributed by atoms with van der Waals surface area (Å²) in [5.41, 5.74) is 7.07. The van der Waals surface area contributed by atoms with Crippen LogP contribution in [-0.2, 0) is 11.2 Å². The van der Waals surface area contributed by atoms with Crippen LogP contribution < -0.4 is 5.73 Å². The molecule has 0 aliphatic carbocycles. The highest BCUT2D eigenvalue weighted by atomic mass is 32.1. The van der Waals surface area contributed by atoms with Crippen molar-refractivity contribution in [1.82, 2.24) is 9.88 Å². The van der Waals surface area contributed by atoms with Crippen LogP contribution in [0.2, 0.25) is 0 Å². The number of likely N-dealkylation sites (tertiary alicyclic amines) is 1. The second kappa shape index (κ2) is 7.36. The Morgan fingerprint density at radius 3 is 2.83 bits per heavy atom.